The van der Waals surface area contributed by atoms with Crippen molar-refractivity contribution >= 4 is 40.7 Å². The first-order chi connectivity index (χ1) is 15.6. The zero-order valence-corrected chi connectivity index (χ0v) is 20.8. The molecule has 1 aliphatic rings. The lowest BCUT2D eigenvalue weighted by atomic mass is 10.1. The molecule has 0 bridgehead atoms. The van der Waals surface area contributed by atoms with Crippen LogP contribution >= 0.6 is 11.6 Å². The van der Waals surface area contributed by atoms with Crippen LogP contribution in [0.15, 0.2) is 36.4 Å². The summed E-state index contributed by atoms with van der Waals surface area (Å²) in [6, 6.07) is 10.5. The molecule has 0 atom stereocenters. The van der Waals surface area contributed by atoms with Gasteiger partial charge in [-0.15, -0.1) is 0 Å². The molecule has 0 saturated heterocycles. The van der Waals surface area contributed by atoms with Gasteiger partial charge in [0.2, 0.25) is 0 Å². The summed E-state index contributed by atoms with van der Waals surface area (Å²) in [5.41, 5.74) is 2.82. The maximum atomic E-state index is 13.0. The van der Waals surface area contributed by atoms with E-state index in [2.05, 4.69) is 43.2 Å². The molecule has 0 radical (unpaired) electrons. The SMILES string of the molecule is Cc1ccc(NC(=O)Nc2c(OC(=O)C3CC3)cccc2N(CC(C)C)CC(C)C)c(Cl)c1. The van der Waals surface area contributed by atoms with E-state index in [4.69, 9.17) is 16.3 Å². The van der Waals surface area contributed by atoms with Gasteiger partial charge >= 0.3 is 12.0 Å². The predicted molar refractivity (Wildman–Crippen MR) is 136 cm³/mol. The molecular formula is C26H34ClN3O3. The van der Waals surface area contributed by atoms with Crippen molar-refractivity contribution < 1.29 is 14.3 Å². The first-order valence-corrected chi connectivity index (χ1v) is 12.0. The molecule has 2 amide bonds. The third-order valence-corrected chi connectivity index (χ3v) is 5.56. The van der Waals surface area contributed by atoms with Crippen molar-refractivity contribution in [2.75, 3.05) is 28.6 Å². The summed E-state index contributed by atoms with van der Waals surface area (Å²) in [5.74, 6) is 0.872. The Labute approximate surface area is 201 Å². The maximum Gasteiger partial charge on any atom is 0.323 e. The molecule has 33 heavy (non-hydrogen) atoms. The standard InChI is InChI=1S/C26H34ClN3O3/c1-16(2)14-30(15-17(3)4)22-7-6-8-23(33-25(31)19-10-11-19)24(22)29-26(32)28-21-12-9-18(5)13-20(21)27/h6-9,12-13,16-17,19H,10-11,14-15H2,1-5H3,(H2,28,29,32). The zero-order valence-electron chi connectivity index (χ0n) is 20.1. The van der Waals surface area contributed by atoms with Gasteiger partial charge in [0.1, 0.15) is 5.69 Å². The number of urea groups is 1. The quantitative estimate of drug-likeness (QED) is 0.314. The molecule has 178 valence electrons. The Balaban J connectivity index is 1.93. The molecule has 0 heterocycles. The highest BCUT2D eigenvalue weighted by atomic mass is 35.5. The summed E-state index contributed by atoms with van der Waals surface area (Å²) < 4.78 is 5.73. The number of anilines is 3. The molecule has 2 N–H and O–H groups in total. The largest absolute Gasteiger partial charge is 0.424 e. The van der Waals surface area contributed by atoms with Crippen LogP contribution in [0.2, 0.25) is 5.02 Å². The molecule has 2 aromatic carbocycles. The van der Waals surface area contributed by atoms with E-state index in [0.29, 0.717) is 34.0 Å². The molecule has 6 nitrogen and oxygen atoms in total. The van der Waals surface area contributed by atoms with Gasteiger partial charge in [0.25, 0.3) is 0 Å². The predicted octanol–water partition coefficient (Wildman–Crippen LogP) is 6.73. The molecule has 0 unspecified atom stereocenters. The van der Waals surface area contributed by atoms with Gasteiger partial charge in [-0.2, -0.15) is 0 Å². The number of halogens is 1. The molecule has 3 rings (SSSR count). The molecular weight excluding hydrogens is 438 g/mol. The van der Waals surface area contributed by atoms with Gasteiger partial charge in [-0.1, -0.05) is 51.4 Å². The summed E-state index contributed by atoms with van der Waals surface area (Å²) in [6.45, 7) is 12.2. The highest BCUT2D eigenvalue weighted by Crippen LogP contribution is 2.39. The Morgan fingerprint density at radius 3 is 2.30 bits per heavy atom. The van der Waals surface area contributed by atoms with E-state index < -0.39 is 6.03 Å². The Morgan fingerprint density at radius 2 is 1.73 bits per heavy atom. The number of rotatable bonds is 9. The monoisotopic (exact) mass is 471 g/mol. The fourth-order valence-corrected chi connectivity index (χ4v) is 3.93. The van der Waals surface area contributed by atoms with E-state index in [1.807, 2.05) is 25.1 Å². The van der Waals surface area contributed by atoms with Gasteiger partial charge in [0.05, 0.1) is 22.3 Å². The van der Waals surface area contributed by atoms with Crippen molar-refractivity contribution in [3.05, 3.63) is 47.0 Å². The number of nitrogens with one attached hydrogen (secondary N) is 2. The van der Waals surface area contributed by atoms with Gasteiger partial charge in [-0.3, -0.25) is 4.79 Å². The number of aryl methyl sites for hydroxylation is 1. The van der Waals surface area contributed by atoms with Crippen LogP contribution in [0.1, 0.15) is 46.1 Å². The minimum absolute atomic E-state index is 0.0517. The molecule has 1 saturated carbocycles. The minimum atomic E-state index is -0.453. The smallest absolute Gasteiger partial charge is 0.323 e. The Hall–Kier alpha value is -2.73. The molecule has 1 aliphatic carbocycles. The van der Waals surface area contributed by atoms with E-state index in [-0.39, 0.29) is 11.9 Å². The lowest BCUT2D eigenvalue weighted by Crippen LogP contribution is -2.33. The lowest BCUT2D eigenvalue weighted by Gasteiger charge is -2.31. The number of hydrogen-bond donors (Lipinski definition) is 2. The molecule has 0 aromatic heterocycles. The van der Waals surface area contributed by atoms with Crippen LogP contribution in [0.3, 0.4) is 0 Å². The summed E-state index contributed by atoms with van der Waals surface area (Å²) >= 11 is 6.29. The average molecular weight is 472 g/mol. The number of amides is 2. The van der Waals surface area contributed by atoms with Crippen LogP contribution in [0.5, 0.6) is 5.75 Å². The number of esters is 1. The second-order valence-electron chi connectivity index (χ2n) is 9.60. The number of benzene rings is 2. The third-order valence-electron chi connectivity index (χ3n) is 5.25. The Kier molecular flexibility index (Phi) is 8.25. The molecule has 1 fully saturated rings. The number of nitrogens with zero attached hydrogens (tertiary/aromatic N) is 1. The highest BCUT2D eigenvalue weighted by molar-refractivity contribution is 6.33. The topological polar surface area (TPSA) is 70.7 Å². The lowest BCUT2D eigenvalue weighted by molar-refractivity contribution is -0.135. The second kappa shape index (κ2) is 10.9. The van der Waals surface area contributed by atoms with Crippen molar-refractivity contribution in [3.63, 3.8) is 0 Å². The van der Waals surface area contributed by atoms with Crippen molar-refractivity contribution in [2.45, 2.75) is 47.5 Å². The fourth-order valence-electron chi connectivity index (χ4n) is 3.65. The second-order valence-corrected chi connectivity index (χ2v) is 10.0. The number of carbonyl (C=O) groups is 2. The highest BCUT2D eigenvalue weighted by Gasteiger charge is 2.32. The van der Waals surface area contributed by atoms with Crippen molar-refractivity contribution in [2.24, 2.45) is 17.8 Å². The summed E-state index contributed by atoms with van der Waals surface area (Å²) in [5, 5.41) is 6.20. The van der Waals surface area contributed by atoms with E-state index in [1.54, 1.807) is 18.2 Å². The van der Waals surface area contributed by atoms with Gasteiger partial charge in [-0.05, 0) is 61.4 Å². The number of carbonyl (C=O) groups excluding carboxylic acids is 2. The van der Waals surface area contributed by atoms with Crippen molar-refractivity contribution in [3.8, 4) is 5.75 Å². The van der Waals surface area contributed by atoms with E-state index in [9.17, 15) is 9.59 Å². The zero-order chi connectivity index (χ0) is 24.1. The normalized spacial score (nSPS) is 13.2. The average Bonchev–Trinajstić information content (AvgIpc) is 3.55. The first-order valence-electron chi connectivity index (χ1n) is 11.6. The van der Waals surface area contributed by atoms with Crippen molar-refractivity contribution in [1.82, 2.24) is 0 Å². The van der Waals surface area contributed by atoms with Crippen LogP contribution in [0.4, 0.5) is 21.9 Å². The Morgan fingerprint density at radius 1 is 1.06 bits per heavy atom. The fraction of sp³-hybridized carbons (Fsp3) is 0.462. The summed E-state index contributed by atoms with van der Waals surface area (Å²) in [6.07, 6.45) is 1.70. The number of ether oxygens (including phenoxy) is 1. The van der Waals surface area contributed by atoms with Crippen LogP contribution in [0, 0.1) is 24.7 Å². The third kappa shape index (κ3) is 7.13. The van der Waals surface area contributed by atoms with E-state index in [1.165, 1.54) is 0 Å². The van der Waals surface area contributed by atoms with Gasteiger partial charge in [-0.25, -0.2) is 4.79 Å². The van der Waals surface area contributed by atoms with E-state index >= 15 is 0 Å². The summed E-state index contributed by atoms with van der Waals surface area (Å²) in [4.78, 5) is 27.7. The molecule has 2 aromatic rings. The molecule has 0 spiro atoms. The maximum absolute atomic E-state index is 13.0. The minimum Gasteiger partial charge on any atom is -0.424 e. The summed E-state index contributed by atoms with van der Waals surface area (Å²) in [7, 11) is 0. The molecule has 7 heteroatoms. The Bertz CT molecular complexity index is 992. The van der Waals surface area contributed by atoms with E-state index in [0.717, 1.165) is 37.2 Å². The number of para-hydroxylation sites is 1. The van der Waals surface area contributed by atoms with Gasteiger partial charge < -0.3 is 20.3 Å². The van der Waals surface area contributed by atoms with Gasteiger partial charge in [0.15, 0.2) is 5.75 Å². The van der Waals surface area contributed by atoms with Crippen LogP contribution in [-0.4, -0.2) is 25.1 Å². The molecule has 0 aliphatic heterocycles. The van der Waals surface area contributed by atoms with Crippen molar-refractivity contribution in [1.29, 1.82) is 0 Å². The van der Waals surface area contributed by atoms with Crippen LogP contribution in [-0.2, 0) is 4.79 Å². The first kappa shape index (κ1) is 24.9. The number of hydrogen-bond acceptors (Lipinski definition) is 4. The van der Waals surface area contributed by atoms with Gasteiger partial charge in [0, 0.05) is 13.1 Å². The van der Waals surface area contributed by atoms with Crippen LogP contribution in [0.25, 0.3) is 0 Å². The van der Waals surface area contributed by atoms with Crippen LogP contribution < -0.4 is 20.3 Å².